The molecule has 0 radical (unpaired) electrons. The molecular formula is C20H25NO. The smallest absolute Gasteiger partial charge is 0.119 e. The monoisotopic (exact) mass is 295 g/mol. The molecule has 0 spiro atoms. The Kier molecular flexibility index (Phi) is 6.20. The predicted molar refractivity (Wildman–Crippen MR) is 94.6 cm³/mol. The van der Waals surface area contributed by atoms with Gasteiger partial charge in [-0.25, -0.2) is 0 Å². The summed E-state index contributed by atoms with van der Waals surface area (Å²) < 4.78 is 5.66. The van der Waals surface area contributed by atoms with Crippen molar-refractivity contribution in [1.82, 2.24) is 0 Å². The highest BCUT2D eigenvalue weighted by atomic mass is 16.5. The SMILES string of the molecule is CCCCOc1ccc(N=Cc2ccccc2C(C)C)cc1. The fraction of sp³-hybridized carbons (Fsp3) is 0.350. The number of aliphatic imine (C=N–C) groups is 1. The molecule has 0 aliphatic carbocycles. The molecule has 2 heteroatoms. The van der Waals surface area contributed by atoms with Crippen LogP contribution in [0.25, 0.3) is 0 Å². The molecule has 2 aromatic rings. The van der Waals surface area contributed by atoms with E-state index >= 15 is 0 Å². The Morgan fingerprint density at radius 2 is 1.77 bits per heavy atom. The summed E-state index contributed by atoms with van der Waals surface area (Å²) in [6.07, 6.45) is 4.19. The first kappa shape index (κ1) is 16.3. The van der Waals surface area contributed by atoms with Crippen molar-refractivity contribution >= 4 is 11.9 Å². The van der Waals surface area contributed by atoms with Gasteiger partial charge in [-0.1, -0.05) is 51.5 Å². The first-order valence-electron chi connectivity index (χ1n) is 8.06. The molecule has 0 amide bonds. The number of nitrogens with zero attached hydrogens (tertiary/aromatic N) is 1. The Hall–Kier alpha value is -2.09. The highest BCUT2D eigenvalue weighted by Gasteiger charge is 2.03. The lowest BCUT2D eigenvalue weighted by atomic mass is 9.98. The van der Waals surface area contributed by atoms with E-state index in [4.69, 9.17) is 4.74 Å². The predicted octanol–water partition coefficient (Wildman–Crippen LogP) is 5.74. The lowest BCUT2D eigenvalue weighted by Gasteiger charge is -2.08. The summed E-state index contributed by atoms with van der Waals surface area (Å²) >= 11 is 0. The van der Waals surface area contributed by atoms with Gasteiger partial charge in [-0.05, 0) is 47.7 Å². The number of unbranched alkanes of at least 4 members (excludes halogenated alkanes) is 1. The molecule has 0 heterocycles. The molecule has 22 heavy (non-hydrogen) atoms. The molecule has 0 saturated carbocycles. The van der Waals surface area contributed by atoms with Crippen LogP contribution in [0.1, 0.15) is 50.7 Å². The molecule has 0 fully saturated rings. The van der Waals surface area contributed by atoms with Crippen molar-refractivity contribution in [2.45, 2.75) is 39.5 Å². The number of benzene rings is 2. The third-order valence-electron chi connectivity index (χ3n) is 3.57. The van der Waals surface area contributed by atoms with Crippen molar-refractivity contribution in [3.05, 3.63) is 59.7 Å². The van der Waals surface area contributed by atoms with Gasteiger partial charge in [0.1, 0.15) is 5.75 Å². The van der Waals surface area contributed by atoms with Crippen LogP contribution in [0.4, 0.5) is 5.69 Å². The third-order valence-corrected chi connectivity index (χ3v) is 3.57. The van der Waals surface area contributed by atoms with E-state index in [-0.39, 0.29) is 0 Å². The molecule has 2 rings (SSSR count). The number of hydrogen-bond acceptors (Lipinski definition) is 2. The largest absolute Gasteiger partial charge is 0.494 e. The summed E-state index contributed by atoms with van der Waals surface area (Å²) in [4.78, 5) is 4.58. The topological polar surface area (TPSA) is 21.6 Å². The van der Waals surface area contributed by atoms with Crippen LogP contribution >= 0.6 is 0 Å². The maximum atomic E-state index is 5.66. The number of rotatable bonds is 7. The lowest BCUT2D eigenvalue weighted by molar-refractivity contribution is 0.309. The molecule has 0 atom stereocenters. The molecule has 0 unspecified atom stereocenters. The van der Waals surface area contributed by atoms with Gasteiger partial charge in [0.15, 0.2) is 0 Å². The quantitative estimate of drug-likeness (QED) is 0.471. The highest BCUT2D eigenvalue weighted by molar-refractivity contribution is 5.84. The fourth-order valence-corrected chi connectivity index (χ4v) is 2.26. The molecule has 0 bridgehead atoms. The van der Waals surface area contributed by atoms with Gasteiger partial charge in [-0.3, -0.25) is 4.99 Å². The van der Waals surface area contributed by atoms with Gasteiger partial charge in [-0.2, -0.15) is 0 Å². The van der Waals surface area contributed by atoms with Crippen LogP contribution in [0.15, 0.2) is 53.5 Å². The molecule has 0 aliphatic rings. The minimum absolute atomic E-state index is 0.497. The molecule has 2 nitrogen and oxygen atoms in total. The van der Waals surface area contributed by atoms with Crippen molar-refractivity contribution in [3.63, 3.8) is 0 Å². The normalized spacial score (nSPS) is 11.3. The van der Waals surface area contributed by atoms with Crippen molar-refractivity contribution in [3.8, 4) is 5.75 Å². The zero-order valence-electron chi connectivity index (χ0n) is 13.8. The van der Waals surface area contributed by atoms with E-state index in [0.717, 1.165) is 30.9 Å². The van der Waals surface area contributed by atoms with E-state index in [1.54, 1.807) is 0 Å². The number of hydrogen-bond donors (Lipinski definition) is 0. The van der Waals surface area contributed by atoms with Gasteiger partial charge in [0.25, 0.3) is 0 Å². The van der Waals surface area contributed by atoms with Crippen LogP contribution in [0.2, 0.25) is 0 Å². The van der Waals surface area contributed by atoms with Crippen LogP contribution in [-0.4, -0.2) is 12.8 Å². The summed E-state index contributed by atoms with van der Waals surface area (Å²) in [5.41, 5.74) is 3.45. The highest BCUT2D eigenvalue weighted by Crippen LogP contribution is 2.21. The average molecular weight is 295 g/mol. The zero-order valence-corrected chi connectivity index (χ0v) is 13.8. The standard InChI is InChI=1S/C20H25NO/c1-4-5-14-22-19-12-10-18(11-13-19)21-15-17-8-6-7-9-20(17)16(2)3/h6-13,15-16H,4-5,14H2,1-3H3. The van der Waals surface area contributed by atoms with Gasteiger partial charge >= 0.3 is 0 Å². The molecule has 0 aromatic heterocycles. The van der Waals surface area contributed by atoms with Crippen LogP contribution in [0.3, 0.4) is 0 Å². The van der Waals surface area contributed by atoms with Crippen molar-refractivity contribution in [2.75, 3.05) is 6.61 Å². The van der Waals surface area contributed by atoms with Crippen LogP contribution < -0.4 is 4.74 Å². The van der Waals surface area contributed by atoms with Crippen molar-refractivity contribution in [2.24, 2.45) is 4.99 Å². The van der Waals surface area contributed by atoms with Gasteiger partial charge < -0.3 is 4.74 Å². The van der Waals surface area contributed by atoms with E-state index in [0.29, 0.717) is 5.92 Å². The average Bonchev–Trinajstić information content (AvgIpc) is 2.54. The van der Waals surface area contributed by atoms with E-state index < -0.39 is 0 Å². The Balaban J connectivity index is 2.04. The lowest BCUT2D eigenvalue weighted by Crippen LogP contribution is -1.95. The Morgan fingerprint density at radius 3 is 2.45 bits per heavy atom. The second-order valence-electron chi connectivity index (χ2n) is 5.74. The second-order valence-corrected chi connectivity index (χ2v) is 5.74. The van der Waals surface area contributed by atoms with Gasteiger partial charge in [0.05, 0.1) is 12.3 Å². The Labute approximate surface area is 133 Å². The molecule has 0 N–H and O–H groups in total. The fourth-order valence-electron chi connectivity index (χ4n) is 2.26. The third kappa shape index (κ3) is 4.73. The molecule has 116 valence electrons. The van der Waals surface area contributed by atoms with E-state index in [1.165, 1.54) is 11.1 Å². The van der Waals surface area contributed by atoms with E-state index in [9.17, 15) is 0 Å². The van der Waals surface area contributed by atoms with Crippen molar-refractivity contribution < 1.29 is 4.74 Å². The number of ether oxygens (including phenoxy) is 1. The first-order chi connectivity index (χ1) is 10.7. The van der Waals surface area contributed by atoms with Gasteiger partial charge in [0, 0.05) is 6.21 Å². The zero-order chi connectivity index (χ0) is 15.8. The summed E-state index contributed by atoms with van der Waals surface area (Å²) in [7, 11) is 0. The minimum Gasteiger partial charge on any atom is -0.494 e. The van der Waals surface area contributed by atoms with Crippen LogP contribution in [0, 0.1) is 0 Å². The molecule has 2 aromatic carbocycles. The van der Waals surface area contributed by atoms with Gasteiger partial charge in [-0.15, -0.1) is 0 Å². The molecule has 0 aliphatic heterocycles. The molecular weight excluding hydrogens is 270 g/mol. The first-order valence-corrected chi connectivity index (χ1v) is 8.06. The van der Waals surface area contributed by atoms with E-state index in [2.05, 4.69) is 50.0 Å². The maximum absolute atomic E-state index is 5.66. The van der Waals surface area contributed by atoms with E-state index in [1.807, 2.05) is 30.5 Å². The van der Waals surface area contributed by atoms with Crippen molar-refractivity contribution in [1.29, 1.82) is 0 Å². The van der Waals surface area contributed by atoms with Gasteiger partial charge in [0.2, 0.25) is 0 Å². The summed E-state index contributed by atoms with van der Waals surface area (Å²) in [5, 5.41) is 0. The summed E-state index contributed by atoms with van der Waals surface area (Å²) in [5.74, 6) is 1.41. The Morgan fingerprint density at radius 1 is 1.05 bits per heavy atom. The summed E-state index contributed by atoms with van der Waals surface area (Å²) in [6.45, 7) is 7.35. The Bertz CT molecular complexity index is 599. The minimum atomic E-state index is 0.497. The second kappa shape index (κ2) is 8.38. The summed E-state index contributed by atoms with van der Waals surface area (Å²) in [6, 6.07) is 16.4. The maximum Gasteiger partial charge on any atom is 0.119 e. The molecule has 0 saturated heterocycles. The van der Waals surface area contributed by atoms with Crippen LogP contribution in [-0.2, 0) is 0 Å². The van der Waals surface area contributed by atoms with Crippen LogP contribution in [0.5, 0.6) is 5.75 Å².